The Kier molecular flexibility index (Phi) is 6.13. The number of aryl methyl sites for hydroxylation is 1. The lowest BCUT2D eigenvalue weighted by Crippen LogP contribution is -2.50. The number of benzene rings is 1. The molecule has 160 valence electrons. The molecule has 0 radical (unpaired) electrons. The minimum atomic E-state index is -0.140. The number of carbonyl (C=O) groups is 1. The van der Waals surface area contributed by atoms with Gasteiger partial charge in [0.15, 0.2) is 0 Å². The van der Waals surface area contributed by atoms with Gasteiger partial charge in [-0.25, -0.2) is 9.78 Å². The molecule has 2 amide bonds. The highest BCUT2D eigenvalue weighted by molar-refractivity contribution is 6.32. The topological polar surface area (TPSA) is 73.8 Å². The van der Waals surface area contributed by atoms with Crippen LogP contribution in [0, 0.1) is 6.92 Å². The summed E-state index contributed by atoms with van der Waals surface area (Å²) in [5.41, 5.74) is 1.61. The van der Waals surface area contributed by atoms with Gasteiger partial charge in [-0.1, -0.05) is 11.6 Å². The second-order valence-electron chi connectivity index (χ2n) is 7.62. The number of ether oxygens (including phenoxy) is 1. The molecule has 30 heavy (non-hydrogen) atoms. The van der Waals surface area contributed by atoms with Crippen LogP contribution in [0.15, 0.2) is 24.3 Å². The average molecular weight is 431 g/mol. The Balaban J connectivity index is 1.36. The van der Waals surface area contributed by atoms with Crippen molar-refractivity contribution in [2.75, 3.05) is 61.5 Å². The van der Waals surface area contributed by atoms with E-state index in [-0.39, 0.29) is 6.03 Å². The van der Waals surface area contributed by atoms with Crippen LogP contribution in [0.25, 0.3) is 0 Å². The van der Waals surface area contributed by atoms with Crippen LogP contribution >= 0.6 is 11.6 Å². The number of hydrogen-bond acceptors (Lipinski definition) is 6. The minimum absolute atomic E-state index is 0.140. The van der Waals surface area contributed by atoms with Crippen LogP contribution in [0.2, 0.25) is 5.02 Å². The van der Waals surface area contributed by atoms with Crippen LogP contribution in [-0.2, 0) is 0 Å². The normalized spacial score (nSPS) is 16.7. The predicted octanol–water partition coefficient (Wildman–Crippen LogP) is 3.40. The molecule has 0 spiro atoms. The molecule has 0 aliphatic carbocycles. The molecule has 2 saturated heterocycles. The monoisotopic (exact) mass is 430 g/mol. The fourth-order valence-electron chi connectivity index (χ4n) is 3.84. The van der Waals surface area contributed by atoms with Crippen molar-refractivity contribution in [2.24, 2.45) is 0 Å². The van der Waals surface area contributed by atoms with Gasteiger partial charge in [-0.3, -0.25) is 0 Å². The molecule has 2 aliphatic heterocycles. The lowest BCUT2D eigenvalue weighted by molar-refractivity contribution is 0.208. The van der Waals surface area contributed by atoms with E-state index in [2.05, 4.69) is 26.2 Å². The Morgan fingerprint density at radius 2 is 1.77 bits per heavy atom. The molecule has 0 bridgehead atoms. The number of urea groups is 1. The maximum Gasteiger partial charge on any atom is 0.321 e. The molecule has 1 N–H and O–H groups in total. The second kappa shape index (κ2) is 8.95. The summed E-state index contributed by atoms with van der Waals surface area (Å²) in [5, 5.41) is 3.37. The zero-order valence-electron chi connectivity index (χ0n) is 17.4. The van der Waals surface area contributed by atoms with Gasteiger partial charge in [0.2, 0.25) is 5.95 Å². The fraction of sp³-hybridized carbons (Fsp3) is 0.476. The smallest absolute Gasteiger partial charge is 0.321 e. The van der Waals surface area contributed by atoms with Crippen LogP contribution in [0.5, 0.6) is 5.75 Å². The second-order valence-corrected chi connectivity index (χ2v) is 8.02. The van der Waals surface area contributed by atoms with E-state index in [1.807, 2.05) is 6.92 Å². The van der Waals surface area contributed by atoms with Gasteiger partial charge < -0.3 is 24.8 Å². The third-order valence-corrected chi connectivity index (χ3v) is 5.81. The highest BCUT2D eigenvalue weighted by Gasteiger charge is 2.24. The molecule has 9 heteroatoms. The van der Waals surface area contributed by atoms with Gasteiger partial charge in [0, 0.05) is 56.7 Å². The summed E-state index contributed by atoms with van der Waals surface area (Å²) in [6.07, 6.45) is 2.43. The quantitative estimate of drug-likeness (QED) is 0.801. The van der Waals surface area contributed by atoms with Gasteiger partial charge in [-0.15, -0.1) is 0 Å². The largest absolute Gasteiger partial charge is 0.495 e. The lowest BCUT2D eigenvalue weighted by Gasteiger charge is -2.35. The number of anilines is 3. The van der Waals surface area contributed by atoms with Gasteiger partial charge >= 0.3 is 6.03 Å². The van der Waals surface area contributed by atoms with Gasteiger partial charge in [0.1, 0.15) is 11.6 Å². The maximum absolute atomic E-state index is 12.6. The van der Waals surface area contributed by atoms with E-state index in [0.29, 0.717) is 42.6 Å². The molecule has 8 nitrogen and oxygen atoms in total. The van der Waals surface area contributed by atoms with Crippen LogP contribution < -0.4 is 19.9 Å². The number of aromatic nitrogens is 2. The van der Waals surface area contributed by atoms with Crippen molar-refractivity contribution >= 4 is 35.1 Å². The van der Waals surface area contributed by atoms with E-state index in [4.69, 9.17) is 21.3 Å². The number of amides is 2. The van der Waals surface area contributed by atoms with Crippen LogP contribution in [0.4, 0.5) is 22.2 Å². The Labute approximate surface area is 181 Å². The summed E-state index contributed by atoms with van der Waals surface area (Å²) in [6, 6.07) is 7.12. The van der Waals surface area contributed by atoms with Crippen molar-refractivity contribution in [2.45, 2.75) is 19.8 Å². The first-order valence-electron chi connectivity index (χ1n) is 10.3. The molecule has 2 fully saturated rings. The maximum atomic E-state index is 12.6. The SMILES string of the molecule is COc1ccc(NC(=O)N2CCN(c3nc(C)cc(N4CCCC4)n3)CC2)cc1Cl. The molecule has 2 aromatic rings. The Hall–Kier alpha value is -2.74. The zero-order valence-corrected chi connectivity index (χ0v) is 18.2. The lowest BCUT2D eigenvalue weighted by atomic mass is 10.3. The number of methoxy groups -OCH3 is 1. The van der Waals surface area contributed by atoms with Crippen molar-refractivity contribution < 1.29 is 9.53 Å². The van der Waals surface area contributed by atoms with E-state index in [9.17, 15) is 4.79 Å². The number of piperazine rings is 1. The van der Waals surface area contributed by atoms with Crippen molar-refractivity contribution in [3.63, 3.8) is 0 Å². The third kappa shape index (κ3) is 4.53. The molecular formula is C21H27ClN6O2. The summed E-state index contributed by atoms with van der Waals surface area (Å²) < 4.78 is 5.15. The summed E-state index contributed by atoms with van der Waals surface area (Å²) in [5.74, 6) is 2.33. The van der Waals surface area contributed by atoms with Gasteiger partial charge in [0.25, 0.3) is 0 Å². The Morgan fingerprint density at radius 3 is 2.43 bits per heavy atom. The predicted molar refractivity (Wildman–Crippen MR) is 119 cm³/mol. The van der Waals surface area contributed by atoms with Crippen molar-refractivity contribution in [1.29, 1.82) is 0 Å². The van der Waals surface area contributed by atoms with Gasteiger partial charge in [-0.2, -0.15) is 4.98 Å². The number of nitrogens with one attached hydrogen (secondary N) is 1. The van der Waals surface area contributed by atoms with Crippen LogP contribution in [0.1, 0.15) is 18.5 Å². The van der Waals surface area contributed by atoms with Gasteiger partial charge in [0.05, 0.1) is 12.1 Å². The van der Waals surface area contributed by atoms with E-state index >= 15 is 0 Å². The molecule has 2 aliphatic rings. The highest BCUT2D eigenvalue weighted by atomic mass is 35.5. The Morgan fingerprint density at radius 1 is 1.03 bits per heavy atom. The summed E-state index contributed by atoms with van der Waals surface area (Å²) >= 11 is 6.14. The van der Waals surface area contributed by atoms with E-state index < -0.39 is 0 Å². The van der Waals surface area contributed by atoms with E-state index in [1.165, 1.54) is 12.8 Å². The molecule has 0 unspecified atom stereocenters. The van der Waals surface area contributed by atoms with Crippen molar-refractivity contribution in [3.8, 4) is 5.75 Å². The number of rotatable bonds is 4. The summed E-state index contributed by atoms with van der Waals surface area (Å²) in [6.45, 7) is 6.71. The minimum Gasteiger partial charge on any atom is -0.495 e. The summed E-state index contributed by atoms with van der Waals surface area (Å²) in [4.78, 5) is 28.3. The number of hydrogen-bond donors (Lipinski definition) is 1. The first kappa shape index (κ1) is 20.5. The van der Waals surface area contributed by atoms with Gasteiger partial charge in [-0.05, 0) is 38.0 Å². The molecule has 0 saturated carbocycles. The molecule has 3 heterocycles. The first-order chi connectivity index (χ1) is 14.5. The van der Waals surface area contributed by atoms with Crippen LogP contribution in [-0.4, -0.2) is 67.3 Å². The molecule has 4 rings (SSSR count). The fourth-order valence-corrected chi connectivity index (χ4v) is 4.10. The average Bonchev–Trinajstić information content (AvgIpc) is 3.29. The molecular weight excluding hydrogens is 404 g/mol. The van der Waals surface area contributed by atoms with Crippen molar-refractivity contribution in [3.05, 3.63) is 35.0 Å². The first-order valence-corrected chi connectivity index (χ1v) is 10.7. The number of carbonyl (C=O) groups excluding carboxylic acids is 1. The van der Waals surface area contributed by atoms with Crippen LogP contribution in [0.3, 0.4) is 0 Å². The van der Waals surface area contributed by atoms with Crippen molar-refractivity contribution in [1.82, 2.24) is 14.9 Å². The number of halogens is 1. The van der Waals surface area contributed by atoms with E-state index in [1.54, 1.807) is 30.2 Å². The molecule has 1 aromatic heterocycles. The standard InChI is InChI=1S/C21H27ClN6O2/c1-15-13-19(26-7-3-4-8-26)25-20(23-15)27-9-11-28(12-10-27)21(29)24-16-5-6-18(30-2)17(22)14-16/h5-6,13-14H,3-4,7-12H2,1-2H3,(H,24,29). The van der Waals surface area contributed by atoms with E-state index in [0.717, 1.165) is 30.5 Å². The zero-order chi connectivity index (χ0) is 21.1. The third-order valence-electron chi connectivity index (χ3n) is 5.51. The molecule has 1 aromatic carbocycles. The number of nitrogens with zero attached hydrogens (tertiary/aromatic N) is 5. The molecule has 0 atom stereocenters. The highest BCUT2D eigenvalue weighted by Crippen LogP contribution is 2.27. The Bertz CT molecular complexity index is 910. The summed E-state index contributed by atoms with van der Waals surface area (Å²) in [7, 11) is 1.56.